The lowest BCUT2D eigenvalue weighted by Crippen LogP contribution is -2.32. The van der Waals surface area contributed by atoms with Crippen molar-refractivity contribution in [3.63, 3.8) is 0 Å². The van der Waals surface area contributed by atoms with Gasteiger partial charge in [-0.2, -0.15) is 0 Å². The van der Waals surface area contributed by atoms with E-state index < -0.39 is 0 Å². The molecule has 0 radical (unpaired) electrons. The van der Waals surface area contributed by atoms with Crippen LogP contribution in [0.5, 0.6) is 0 Å². The molecule has 0 aliphatic carbocycles. The van der Waals surface area contributed by atoms with Crippen LogP contribution in [0, 0.1) is 0 Å². The van der Waals surface area contributed by atoms with Crippen molar-refractivity contribution in [1.82, 2.24) is 9.88 Å². The van der Waals surface area contributed by atoms with Crippen molar-refractivity contribution in [3.05, 3.63) is 24.4 Å². The second-order valence-electron chi connectivity index (χ2n) is 4.06. The van der Waals surface area contributed by atoms with Crippen molar-refractivity contribution >= 4 is 17.8 Å². The minimum atomic E-state index is -0.352. The van der Waals surface area contributed by atoms with Gasteiger partial charge >= 0.3 is 6.03 Å². The van der Waals surface area contributed by atoms with Gasteiger partial charge in [0.25, 0.3) is 5.91 Å². The third-order valence-corrected chi connectivity index (χ3v) is 2.91. The molecule has 2 rings (SSSR count). The highest BCUT2D eigenvalue weighted by Gasteiger charge is 2.43. The van der Waals surface area contributed by atoms with Gasteiger partial charge in [-0.3, -0.25) is 4.79 Å². The van der Waals surface area contributed by atoms with E-state index in [0.717, 1.165) is 11.3 Å². The average Bonchev–Trinajstić information content (AvgIpc) is 2.55. The van der Waals surface area contributed by atoms with Gasteiger partial charge in [0.1, 0.15) is 11.9 Å². The van der Waals surface area contributed by atoms with Crippen LogP contribution in [0.4, 0.5) is 10.6 Å². The average molecular weight is 233 g/mol. The number of urea groups is 1. The maximum atomic E-state index is 12.1. The Labute approximate surface area is 100 Å². The molecule has 1 atom stereocenters. The number of hydrogen-bond donors (Lipinski definition) is 0. The van der Waals surface area contributed by atoms with Crippen molar-refractivity contribution < 1.29 is 9.59 Å². The zero-order chi connectivity index (χ0) is 12.4. The molecule has 1 aromatic heterocycles. The van der Waals surface area contributed by atoms with E-state index in [-0.39, 0.29) is 18.0 Å². The smallest absolute Gasteiger partial charge is 0.315 e. The third kappa shape index (κ3) is 1.88. The number of anilines is 1. The molecule has 1 fully saturated rings. The van der Waals surface area contributed by atoms with E-state index in [1.54, 1.807) is 31.4 Å². The summed E-state index contributed by atoms with van der Waals surface area (Å²) in [6.45, 7) is 2.00. The number of pyridine rings is 1. The Morgan fingerprint density at radius 3 is 2.71 bits per heavy atom. The summed E-state index contributed by atoms with van der Waals surface area (Å²) in [5.41, 5.74) is 0. The van der Waals surface area contributed by atoms with Gasteiger partial charge in [0.05, 0.1) is 0 Å². The summed E-state index contributed by atoms with van der Waals surface area (Å²) in [6.07, 6.45) is 3.12. The first-order valence-corrected chi connectivity index (χ1v) is 5.68. The summed E-state index contributed by atoms with van der Waals surface area (Å²) in [7, 11) is 1.66. The Kier molecular flexibility index (Phi) is 3.08. The third-order valence-electron chi connectivity index (χ3n) is 2.91. The molecular weight excluding hydrogens is 218 g/mol. The van der Waals surface area contributed by atoms with Crippen LogP contribution in [-0.2, 0) is 4.79 Å². The molecule has 2 heterocycles. The second-order valence-corrected chi connectivity index (χ2v) is 4.06. The lowest BCUT2D eigenvalue weighted by molar-refractivity contribution is -0.119. The standard InChI is InChI=1S/C12H15N3O2/c1-3-6-9-11(16)15(12(17)14(9)2)10-7-4-5-8-13-10/h4-5,7-9H,3,6H2,1-2H3. The molecule has 0 spiro atoms. The minimum Gasteiger partial charge on any atom is -0.315 e. The SMILES string of the molecule is CCCC1C(=O)N(c2ccccn2)C(=O)N1C. The van der Waals surface area contributed by atoms with Gasteiger partial charge in [0, 0.05) is 13.2 Å². The maximum Gasteiger partial charge on any atom is 0.333 e. The van der Waals surface area contributed by atoms with E-state index in [2.05, 4.69) is 4.98 Å². The highest BCUT2D eigenvalue weighted by atomic mass is 16.2. The van der Waals surface area contributed by atoms with Crippen LogP contribution in [0.25, 0.3) is 0 Å². The van der Waals surface area contributed by atoms with Gasteiger partial charge in [0.2, 0.25) is 0 Å². The van der Waals surface area contributed by atoms with E-state index in [1.807, 2.05) is 6.92 Å². The summed E-state index contributed by atoms with van der Waals surface area (Å²) in [6, 6.07) is 4.53. The summed E-state index contributed by atoms with van der Waals surface area (Å²) in [4.78, 5) is 30.8. The molecular formula is C12H15N3O2. The molecule has 17 heavy (non-hydrogen) atoms. The lowest BCUT2D eigenvalue weighted by Gasteiger charge is -2.14. The van der Waals surface area contributed by atoms with Crippen LogP contribution < -0.4 is 4.90 Å². The van der Waals surface area contributed by atoms with Gasteiger partial charge in [-0.15, -0.1) is 0 Å². The number of carbonyl (C=O) groups excluding carboxylic acids is 2. The highest BCUT2D eigenvalue weighted by molar-refractivity contribution is 6.20. The molecule has 3 amide bonds. The molecule has 0 N–H and O–H groups in total. The van der Waals surface area contributed by atoms with E-state index in [9.17, 15) is 9.59 Å². The number of aromatic nitrogens is 1. The maximum absolute atomic E-state index is 12.1. The van der Waals surface area contributed by atoms with Crippen LogP contribution in [-0.4, -0.2) is 34.9 Å². The fourth-order valence-electron chi connectivity index (χ4n) is 1.99. The van der Waals surface area contributed by atoms with Gasteiger partial charge in [-0.1, -0.05) is 19.4 Å². The quantitative estimate of drug-likeness (QED) is 0.746. The number of carbonyl (C=O) groups is 2. The number of imide groups is 1. The predicted molar refractivity (Wildman–Crippen MR) is 63.6 cm³/mol. The minimum absolute atomic E-state index is 0.182. The van der Waals surface area contributed by atoms with Crippen molar-refractivity contribution in [2.45, 2.75) is 25.8 Å². The summed E-state index contributed by atoms with van der Waals surface area (Å²) < 4.78 is 0. The number of rotatable bonds is 3. The predicted octanol–water partition coefficient (Wildman–Crippen LogP) is 1.65. The summed E-state index contributed by atoms with van der Waals surface area (Å²) in [5.74, 6) is 0.214. The van der Waals surface area contributed by atoms with Crippen molar-refractivity contribution in [3.8, 4) is 0 Å². The Hall–Kier alpha value is -1.91. The fourth-order valence-corrected chi connectivity index (χ4v) is 1.99. The van der Waals surface area contributed by atoms with Crippen LogP contribution in [0.15, 0.2) is 24.4 Å². The molecule has 0 saturated carbocycles. The molecule has 1 saturated heterocycles. The van der Waals surface area contributed by atoms with Gasteiger partial charge in [0.15, 0.2) is 0 Å². The van der Waals surface area contributed by atoms with Crippen LogP contribution >= 0.6 is 0 Å². The van der Waals surface area contributed by atoms with Gasteiger partial charge < -0.3 is 4.90 Å². The van der Waals surface area contributed by atoms with Crippen molar-refractivity contribution in [1.29, 1.82) is 0 Å². The van der Waals surface area contributed by atoms with Gasteiger partial charge in [-0.05, 0) is 18.6 Å². The van der Waals surface area contributed by atoms with Crippen molar-refractivity contribution in [2.24, 2.45) is 0 Å². The molecule has 1 unspecified atom stereocenters. The summed E-state index contributed by atoms with van der Waals surface area (Å²) >= 11 is 0. The zero-order valence-electron chi connectivity index (χ0n) is 9.96. The lowest BCUT2D eigenvalue weighted by atomic mass is 10.1. The number of likely N-dealkylation sites (N-methyl/N-ethyl adjacent to an activating group) is 1. The first-order valence-electron chi connectivity index (χ1n) is 5.68. The van der Waals surface area contributed by atoms with Gasteiger partial charge in [-0.25, -0.2) is 14.7 Å². The molecule has 5 nitrogen and oxygen atoms in total. The number of nitrogens with zero attached hydrogens (tertiary/aromatic N) is 3. The molecule has 0 aromatic carbocycles. The van der Waals surface area contributed by atoms with Crippen LogP contribution in [0.2, 0.25) is 0 Å². The first kappa shape index (κ1) is 11.6. The Bertz CT molecular complexity index is 433. The zero-order valence-corrected chi connectivity index (χ0v) is 9.96. The highest BCUT2D eigenvalue weighted by Crippen LogP contribution is 2.24. The topological polar surface area (TPSA) is 53.5 Å². The Morgan fingerprint density at radius 2 is 2.12 bits per heavy atom. The molecule has 0 bridgehead atoms. The molecule has 90 valence electrons. The van der Waals surface area contributed by atoms with Crippen LogP contribution in [0.3, 0.4) is 0 Å². The van der Waals surface area contributed by atoms with E-state index >= 15 is 0 Å². The number of amides is 3. The Morgan fingerprint density at radius 1 is 1.35 bits per heavy atom. The second kappa shape index (κ2) is 4.53. The largest absolute Gasteiger partial charge is 0.333 e. The first-order chi connectivity index (χ1) is 8.16. The van der Waals surface area contributed by atoms with Crippen LogP contribution in [0.1, 0.15) is 19.8 Å². The Balaban J connectivity index is 2.31. The molecule has 1 aliphatic heterocycles. The molecule has 1 aromatic rings. The molecule has 1 aliphatic rings. The van der Waals surface area contributed by atoms with E-state index in [4.69, 9.17) is 0 Å². The number of hydrogen-bond acceptors (Lipinski definition) is 3. The fraction of sp³-hybridized carbons (Fsp3) is 0.417. The van der Waals surface area contributed by atoms with E-state index in [1.165, 1.54) is 4.90 Å². The monoisotopic (exact) mass is 233 g/mol. The normalized spacial score (nSPS) is 20.2. The summed E-state index contributed by atoms with van der Waals surface area (Å²) in [5, 5.41) is 0. The van der Waals surface area contributed by atoms with E-state index in [0.29, 0.717) is 12.2 Å². The van der Waals surface area contributed by atoms with Crippen molar-refractivity contribution in [2.75, 3.05) is 11.9 Å². The molecule has 5 heteroatoms.